The van der Waals surface area contributed by atoms with Crippen molar-refractivity contribution in [2.24, 2.45) is 0 Å². The number of nitrogen functional groups attached to an aromatic ring is 1. The summed E-state index contributed by atoms with van der Waals surface area (Å²) in [7, 11) is 0. The summed E-state index contributed by atoms with van der Waals surface area (Å²) in [6, 6.07) is 0. The third kappa shape index (κ3) is 2.16. The lowest BCUT2D eigenvalue weighted by atomic mass is 10.1. The summed E-state index contributed by atoms with van der Waals surface area (Å²) in [5, 5.41) is 29.1. The summed E-state index contributed by atoms with van der Waals surface area (Å²) < 4.78 is 7.48. The number of aromatic nitrogens is 4. The molecule has 23 heavy (non-hydrogen) atoms. The Morgan fingerprint density at radius 2 is 2.04 bits per heavy atom. The van der Waals surface area contributed by atoms with E-state index in [1.54, 1.807) is 6.92 Å². The van der Waals surface area contributed by atoms with E-state index >= 15 is 0 Å². The van der Waals surface area contributed by atoms with Crippen molar-refractivity contribution in [1.29, 1.82) is 0 Å². The first-order chi connectivity index (χ1) is 10.9. The van der Waals surface area contributed by atoms with Crippen molar-refractivity contribution in [3.05, 3.63) is 20.8 Å². The number of fused-ring (bicyclic) bond motifs is 1. The molecule has 3 heterocycles. The van der Waals surface area contributed by atoms with E-state index in [0.717, 1.165) is 9.13 Å². The standard InChI is InChI=1S/C12H17N5O6/c1-2-16-5-8(14-11(13)15-9(5)21)17(12(16)22)10-7(20)6(19)4(3-18)23-10/h4,6-7,10,18-20H,2-3H2,1H3,(H3,13,14,15,21)/t4-,6-,7-,10-/m1/s1. The summed E-state index contributed by atoms with van der Waals surface area (Å²) in [5.74, 6) is -0.198. The molecule has 0 amide bonds. The van der Waals surface area contributed by atoms with Gasteiger partial charge in [0.2, 0.25) is 5.95 Å². The number of nitrogens with one attached hydrogen (secondary N) is 1. The fourth-order valence-electron chi connectivity index (χ4n) is 2.82. The number of hydrogen-bond acceptors (Lipinski definition) is 8. The number of ether oxygens (including phenoxy) is 1. The molecule has 126 valence electrons. The maximum absolute atomic E-state index is 12.6. The average molecular weight is 327 g/mol. The van der Waals surface area contributed by atoms with Crippen LogP contribution < -0.4 is 17.0 Å². The largest absolute Gasteiger partial charge is 0.394 e. The van der Waals surface area contributed by atoms with Gasteiger partial charge >= 0.3 is 5.69 Å². The Morgan fingerprint density at radius 1 is 1.35 bits per heavy atom. The fourth-order valence-corrected chi connectivity index (χ4v) is 2.82. The first kappa shape index (κ1) is 15.7. The van der Waals surface area contributed by atoms with Crippen LogP contribution in [-0.4, -0.2) is 59.3 Å². The molecule has 0 saturated carbocycles. The van der Waals surface area contributed by atoms with E-state index in [1.165, 1.54) is 0 Å². The summed E-state index contributed by atoms with van der Waals surface area (Å²) in [6.45, 7) is 1.32. The highest BCUT2D eigenvalue weighted by Crippen LogP contribution is 2.30. The zero-order valence-corrected chi connectivity index (χ0v) is 12.2. The number of aliphatic hydroxyl groups excluding tert-OH is 3. The van der Waals surface area contributed by atoms with E-state index in [4.69, 9.17) is 15.6 Å². The van der Waals surface area contributed by atoms with Crippen molar-refractivity contribution in [2.45, 2.75) is 38.0 Å². The Bertz CT molecular complexity index is 854. The minimum Gasteiger partial charge on any atom is -0.394 e. The normalized spacial score (nSPS) is 27.8. The molecular weight excluding hydrogens is 310 g/mol. The van der Waals surface area contributed by atoms with Gasteiger partial charge in [0, 0.05) is 6.54 Å². The van der Waals surface area contributed by atoms with E-state index < -0.39 is 42.4 Å². The van der Waals surface area contributed by atoms with Crippen molar-refractivity contribution < 1.29 is 20.1 Å². The molecule has 2 aromatic rings. The highest BCUT2D eigenvalue weighted by molar-refractivity contribution is 5.71. The van der Waals surface area contributed by atoms with Gasteiger partial charge in [-0.15, -0.1) is 0 Å². The topological polar surface area (TPSA) is 169 Å². The van der Waals surface area contributed by atoms with Crippen molar-refractivity contribution in [1.82, 2.24) is 19.1 Å². The number of nitrogens with two attached hydrogens (primary N) is 1. The Labute approximate surface area is 128 Å². The first-order valence-corrected chi connectivity index (χ1v) is 7.03. The third-order valence-corrected chi connectivity index (χ3v) is 3.92. The second-order valence-electron chi connectivity index (χ2n) is 5.25. The second kappa shape index (κ2) is 5.45. The molecule has 1 aliphatic rings. The van der Waals surface area contributed by atoms with Gasteiger partial charge in [0.25, 0.3) is 5.56 Å². The molecule has 11 heteroatoms. The maximum atomic E-state index is 12.6. The summed E-state index contributed by atoms with van der Waals surface area (Å²) in [5.41, 5.74) is 4.21. The molecule has 0 bridgehead atoms. The first-order valence-electron chi connectivity index (χ1n) is 7.03. The van der Waals surface area contributed by atoms with Gasteiger partial charge in [-0.1, -0.05) is 0 Å². The molecule has 0 aromatic carbocycles. The highest BCUT2D eigenvalue weighted by atomic mass is 16.6. The van der Waals surface area contributed by atoms with Gasteiger partial charge in [0.1, 0.15) is 18.3 Å². The molecule has 1 fully saturated rings. The molecule has 2 aromatic heterocycles. The Hall–Kier alpha value is -2.21. The Morgan fingerprint density at radius 3 is 2.61 bits per heavy atom. The number of rotatable bonds is 3. The molecule has 1 aliphatic heterocycles. The highest BCUT2D eigenvalue weighted by Gasteiger charge is 2.45. The van der Waals surface area contributed by atoms with Gasteiger partial charge in [0.15, 0.2) is 17.4 Å². The smallest absolute Gasteiger partial charge is 0.332 e. The van der Waals surface area contributed by atoms with Crippen LogP contribution in [0.1, 0.15) is 13.2 Å². The number of aromatic amines is 1. The minimum atomic E-state index is -1.47. The van der Waals surface area contributed by atoms with Crippen LogP contribution in [0.2, 0.25) is 0 Å². The zero-order valence-electron chi connectivity index (χ0n) is 12.2. The number of hydrogen-bond donors (Lipinski definition) is 5. The van der Waals surface area contributed by atoms with E-state index in [1.807, 2.05) is 0 Å². The second-order valence-corrected chi connectivity index (χ2v) is 5.25. The summed E-state index contributed by atoms with van der Waals surface area (Å²) in [4.78, 5) is 30.9. The molecule has 3 rings (SSSR count). The lowest BCUT2D eigenvalue weighted by Crippen LogP contribution is -2.36. The van der Waals surface area contributed by atoms with E-state index in [0.29, 0.717) is 0 Å². The minimum absolute atomic E-state index is 0.00978. The van der Waals surface area contributed by atoms with Crippen molar-refractivity contribution >= 4 is 17.1 Å². The molecule has 1 saturated heterocycles. The van der Waals surface area contributed by atoms with Crippen molar-refractivity contribution in [3.8, 4) is 0 Å². The van der Waals surface area contributed by atoms with Crippen LogP contribution in [0, 0.1) is 0 Å². The number of aryl methyl sites for hydroxylation is 1. The molecule has 6 N–H and O–H groups in total. The van der Waals surface area contributed by atoms with Crippen molar-refractivity contribution in [3.63, 3.8) is 0 Å². The van der Waals surface area contributed by atoms with E-state index in [9.17, 15) is 19.8 Å². The van der Waals surface area contributed by atoms with Gasteiger partial charge in [-0.2, -0.15) is 4.98 Å². The number of H-pyrrole nitrogens is 1. The molecule has 4 atom stereocenters. The molecular formula is C12H17N5O6. The molecule has 0 unspecified atom stereocenters. The summed E-state index contributed by atoms with van der Waals surface area (Å²) >= 11 is 0. The van der Waals surface area contributed by atoms with Crippen LogP contribution in [-0.2, 0) is 11.3 Å². The molecule has 11 nitrogen and oxygen atoms in total. The number of nitrogens with zero attached hydrogens (tertiary/aromatic N) is 3. The van der Waals surface area contributed by atoms with Crippen LogP contribution in [0.5, 0.6) is 0 Å². The van der Waals surface area contributed by atoms with E-state index in [2.05, 4.69) is 9.97 Å². The number of anilines is 1. The van der Waals surface area contributed by atoms with E-state index in [-0.39, 0.29) is 23.7 Å². The summed E-state index contributed by atoms with van der Waals surface area (Å²) in [6.07, 6.45) is -5.20. The quantitative estimate of drug-likeness (QED) is 0.400. The predicted molar refractivity (Wildman–Crippen MR) is 77.7 cm³/mol. The molecule has 0 aliphatic carbocycles. The van der Waals surface area contributed by atoms with Crippen molar-refractivity contribution in [2.75, 3.05) is 12.3 Å². The van der Waals surface area contributed by atoms with Crippen LogP contribution in [0.3, 0.4) is 0 Å². The predicted octanol–water partition coefficient (Wildman–Crippen LogP) is -2.90. The third-order valence-electron chi connectivity index (χ3n) is 3.92. The number of imidazole rings is 1. The number of aliphatic hydroxyl groups is 3. The monoisotopic (exact) mass is 327 g/mol. The maximum Gasteiger partial charge on any atom is 0.332 e. The fraction of sp³-hybridized carbons (Fsp3) is 0.583. The van der Waals surface area contributed by atoms with Gasteiger partial charge < -0.3 is 25.8 Å². The van der Waals surface area contributed by atoms with Gasteiger partial charge in [-0.25, -0.2) is 9.36 Å². The van der Waals surface area contributed by atoms with Crippen LogP contribution in [0.15, 0.2) is 9.59 Å². The van der Waals surface area contributed by atoms with Crippen LogP contribution in [0.25, 0.3) is 11.2 Å². The Kier molecular flexibility index (Phi) is 3.72. The van der Waals surface area contributed by atoms with Crippen LogP contribution in [0.4, 0.5) is 5.95 Å². The van der Waals surface area contributed by atoms with Gasteiger partial charge in [-0.3, -0.25) is 14.3 Å². The van der Waals surface area contributed by atoms with Gasteiger partial charge in [-0.05, 0) is 6.92 Å². The SMILES string of the molecule is CCn1c(=O)n([C@@H]2O[C@H](CO)[C@@H](O)[C@H]2O)c2nc(N)[nH]c(=O)c21. The lowest BCUT2D eigenvalue weighted by Gasteiger charge is -2.15. The molecule has 0 radical (unpaired) electrons. The van der Waals surface area contributed by atoms with Gasteiger partial charge in [0.05, 0.1) is 6.61 Å². The Balaban J connectivity index is 2.28. The lowest BCUT2D eigenvalue weighted by molar-refractivity contribution is -0.0527. The van der Waals surface area contributed by atoms with Crippen LogP contribution >= 0.6 is 0 Å². The zero-order chi connectivity index (χ0) is 16.9. The molecule has 0 spiro atoms. The average Bonchev–Trinajstić information content (AvgIpc) is 2.94.